The quantitative estimate of drug-likeness (QED) is 0.488. The number of rotatable bonds is 0. The number of halogens is 1. The van der Waals surface area contributed by atoms with Crippen molar-refractivity contribution in [1.82, 2.24) is 0 Å². The van der Waals surface area contributed by atoms with Gasteiger partial charge in [-0.25, -0.2) is 4.57 Å². The average Bonchev–Trinajstić information content (AvgIpc) is 2.04. The highest BCUT2D eigenvalue weighted by molar-refractivity contribution is 5.80. The van der Waals surface area contributed by atoms with Crippen molar-refractivity contribution in [2.24, 2.45) is 7.05 Å². The molecule has 0 aliphatic rings. The Morgan fingerprint density at radius 2 is 1.67 bits per heavy atom. The summed E-state index contributed by atoms with van der Waals surface area (Å²) in [5.74, 6) is 0. The number of aromatic nitrogens is 1. The molecule has 12 heavy (non-hydrogen) atoms. The Labute approximate surface area is 82.4 Å². The van der Waals surface area contributed by atoms with Crippen LogP contribution in [0, 0.1) is 0 Å². The Hall–Kier alpha value is -0.890. The van der Waals surface area contributed by atoms with Gasteiger partial charge in [-0.05, 0) is 11.5 Å². The van der Waals surface area contributed by atoms with Gasteiger partial charge < -0.3 is 17.0 Å². The lowest BCUT2D eigenvalue weighted by Gasteiger charge is -1.92. The number of nitrogens with zero attached hydrogens (tertiary/aromatic N) is 1. The number of hydrogen-bond acceptors (Lipinski definition) is 0. The molecule has 0 N–H and O–H groups in total. The Bertz CT molecular complexity index is 384. The number of hydrogen-bond donors (Lipinski definition) is 0. The van der Waals surface area contributed by atoms with Crippen LogP contribution >= 0.6 is 0 Å². The highest BCUT2D eigenvalue weighted by Crippen LogP contribution is 2.08. The zero-order chi connectivity index (χ0) is 7.68. The van der Waals surface area contributed by atoms with E-state index >= 15 is 0 Å². The first kappa shape index (κ1) is 9.20. The van der Waals surface area contributed by atoms with Crippen LogP contribution in [-0.4, -0.2) is 0 Å². The maximum atomic E-state index is 2.12. The van der Waals surface area contributed by atoms with E-state index in [-0.39, 0.29) is 17.0 Å². The Morgan fingerprint density at radius 3 is 2.42 bits per heavy atom. The van der Waals surface area contributed by atoms with Crippen molar-refractivity contribution in [3.05, 3.63) is 42.7 Å². The maximum Gasteiger partial charge on any atom is 0.176 e. The summed E-state index contributed by atoms with van der Waals surface area (Å²) < 4.78 is 2.06. The third-order valence-corrected chi connectivity index (χ3v) is 1.83. The molecule has 0 amide bonds. The highest BCUT2D eigenvalue weighted by Gasteiger charge is 1.94. The number of pyridine rings is 1. The summed E-state index contributed by atoms with van der Waals surface area (Å²) >= 11 is 0. The molecule has 0 unspecified atom stereocenters. The van der Waals surface area contributed by atoms with Crippen molar-refractivity contribution in [3.63, 3.8) is 0 Å². The molecule has 0 saturated carbocycles. The second kappa shape index (κ2) is 3.68. The van der Waals surface area contributed by atoms with Gasteiger partial charge in [0.1, 0.15) is 7.05 Å². The largest absolute Gasteiger partial charge is 1.00 e. The van der Waals surface area contributed by atoms with Gasteiger partial charge in [-0.1, -0.05) is 18.2 Å². The van der Waals surface area contributed by atoms with Gasteiger partial charge in [-0.2, -0.15) is 0 Å². The topological polar surface area (TPSA) is 3.88 Å². The van der Waals surface area contributed by atoms with E-state index in [0.717, 1.165) is 0 Å². The van der Waals surface area contributed by atoms with Crippen LogP contribution in [0.25, 0.3) is 10.8 Å². The minimum Gasteiger partial charge on any atom is -1.00 e. The number of benzene rings is 1. The fourth-order valence-electron chi connectivity index (χ4n) is 1.24. The smallest absolute Gasteiger partial charge is 0.176 e. The molecule has 0 spiro atoms. The molecule has 62 valence electrons. The van der Waals surface area contributed by atoms with Gasteiger partial charge in [0.25, 0.3) is 0 Å². The molecule has 1 aromatic heterocycles. The number of aryl methyl sites for hydroxylation is 1. The van der Waals surface area contributed by atoms with Crippen LogP contribution in [0.15, 0.2) is 42.7 Å². The molecule has 0 aliphatic heterocycles. The zero-order valence-electron chi connectivity index (χ0n) is 6.87. The van der Waals surface area contributed by atoms with E-state index < -0.39 is 0 Å². The molecule has 0 aliphatic carbocycles. The minimum absolute atomic E-state index is 0. The van der Waals surface area contributed by atoms with Crippen molar-refractivity contribution < 1.29 is 21.5 Å². The van der Waals surface area contributed by atoms with Gasteiger partial charge in [0.05, 0.1) is 0 Å². The van der Waals surface area contributed by atoms with Crippen LogP contribution < -0.4 is 21.5 Å². The third-order valence-electron chi connectivity index (χ3n) is 1.83. The standard InChI is InChI=1S/C10H10N.BrH/c1-11-7-6-9-4-2-3-5-10(9)8-11;/h2-8H,1H3;1H/q+1;/p-1. The van der Waals surface area contributed by atoms with E-state index in [1.165, 1.54) is 10.8 Å². The van der Waals surface area contributed by atoms with Gasteiger partial charge >= 0.3 is 0 Å². The molecular formula is C10H10BrN. The van der Waals surface area contributed by atoms with E-state index in [1.807, 2.05) is 7.05 Å². The molecule has 2 aromatic rings. The molecule has 2 rings (SSSR count). The minimum atomic E-state index is 0. The summed E-state index contributed by atoms with van der Waals surface area (Å²) in [5.41, 5.74) is 0. The molecule has 0 bridgehead atoms. The summed E-state index contributed by atoms with van der Waals surface area (Å²) in [6.45, 7) is 0. The maximum absolute atomic E-state index is 2.12. The van der Waals surface area contributed by atoms with Crippen molar-refractivity contribution in [3.8, 4) is 0 Å². The molecule has 1 nitrogen and oxygen atoms in total. The Balaban J connectivity index is 0.000000720. The molecule has 1 aromatic carbocycles. The van der Waals surface area contributed by atoms with Crippen LogP contribution in [-0.2, 0) is 7.05 Å². The summed E-state index contributed by atoms with van der Waals surface area (Å²) in [6, 6.07) is 10.5. The molecule has 0 atom stereocenters. The Morgan fingerprint density at radius 1 is 1.00 bits per heavy atom. The fraction of sp³-hybridized carbons (Fsp3) is 0.100. The van der Waals surface area contributed by atoms with Crippen LogP contribution in [0.4, 0.5) is 0 Å². The van der Waals surface area contributed by atoms with E-state index in [1.54, 1.807) is 0 Å². The lowest BCUT2D eigenvalue weighted by Crippen LogP contribution is -3.00. The van der Waals surface area contributed by atoms with Gasteiger partial charge in [-0.15, -0.1) is 0 Å². The Kier molecular flexibility index (Phi) is 2.82. The van der Waals surface area contributed by atoms with E-state index in [9.17, 15) is 0 Å². The van der Waals surface area contributed by atoms with Gasteiger partial charge in [0.15, 0.2) is 12.4 Å². The van der Waals surface area contributed by atoms with Crippen LogP contribution in [0.3, 0.4) is 0 Å². The number of fused-ring (bicyclic) bond motifs is 1. The SMILES string of the molecule is C[n+]1ccc2ccccc2c1.[Br-]. The van der Waals surface area contributed by atoms with Crippen molar-refractivity contribution in [1.29, 1.82) is 0 Å². The second-order valence-corrected chi connectivity index (χ2v) is 2.74. The lowest BCUT2D eigenvalue weighted by atomic mass is 10.2. The predicted molar refractivity (Wildman–Crippen MR) is 45.1 cm³/mol. The van der Waals surface area contributed by atoms with Crippen molar-refractivity contribution >= 4 is 10.8 Å². The molecule has 1 heterocycles. The zero-order valence-corrected chi connectivity index (χ0v) is 8.45. The monoisotopic (exact) mass is 223 g/mol. The fourth-order valence-corrected chi connectivity index (χ4v) is 1.24. The van der Waals surface area contributed by atoms with E-state index in [4.69, 9.17) is 0 Å². The van der Waals surface area contributed by atoms with Crippen LogP contribution in [0.1, 0.15) is 0 Å². The van der Waals surface area contributed by atoms with Gasteiger partial charge in [-0.3, -0.25) is 0 Å². The average molecular weight is 224 g/mol. The van der Waals surface area contributed by atoms with Crippen molar-refractivity contribution in [2.75, 3.05) is 0 Å². The first-order chi connectivity index (χ1) is 5.36. The summed E-state index contributed by atoms with van der Waals surface area (Å²) in [7, 11) is 2.03. The predicted octanol–water partition coefficient (Wildman–Crippen LogP) is -1.33. The second-order valence-electron chi connectivity index (χ2n) is 2.74. The van der Waals surface area contributed by atoms with Crippen LogP contribution in [0.2, 0.25) is 0 Å². The summed E-state index contributed by atoms with van der Waals surface area (Å²) in [5, 5.41) is 2.59. The molecule has 2 heteroatoms. The summed E-state index contributed by atoms with van der Waals surface area (Å²) in [4.78, 5) is 0. The van der Waals surface area contributed by atoms with E-state index in [2.05, 4.69) is 47.3 Å². The van der Waals surface area contributed by atoms with Gasteiger partial charge in [0.2, 0.25) is 0 Å². The van der Waals surface area contributed by atoms with E-state index in [0.29, 0.717) is 0 Å². The first-order valence-electron chi connectivity index (χ1n) is 3.70. The molecule has 0 fully saturated rings. The molecule has 0 radical (unpaired) electrons. The summed E-state index contributed by atoms with van der Waals surface area (Å²) in [6.07, 6.45) is 4.18. The third kappa shape index (κ3) is 1.64. The highest BCUT2D eigenvalue weighted by atomic mass is 79.9. The molecule has 0 saturated heterocycles. The normalized spacial score (nSPS) is 9.42. The van der Waals surface area contributed by atoms with Gasteiger partial charge in [0, 0.05) is 11.5 Å². The molecular weight excluding hydrogens is 214 g/mol. The van der Waals surface area contributed by atoms with Crippen molar-refractivity contribution in [2.45, 2.75) is 0 Å². The lowest BCUT2D eigenvalue weighted by molar-refractivity contribution is -0.670. The van der Waals surface area contributed by atoms with Crippen LogP contribution in [0.5, 0.6) is 0 Å². The first-order valence-corrected chi connectivity index (χ1v) is 3.70.